The van der Waals surface area contributed by atoms with Crippen LogP contribution in [0.2, 0.25) is 0 Å². The molecule has 0 bridgehead atoms. The van der Waals surface area contributed by atoms with Crippen LogP contribution in [-0.4, -0.2) is 46.2 Å². The normalized spacial score (nSPS) is 20.2. The smallest absolute Gasteiger partial charge is 0.304 e. The van der Waals surface area contributed by atoms with E-state index in [1.807, 2.05) is 23.5 Å². The van der Waals surface area contributed by atoms with Crippen LogP contribution in [0, 0.1) is 5.92 Å². The molecular formula is C12H23NO2S2. The van der Waals surface area contributed by atoms with E-state index in [1.165, 1.54) is 11.5 Å². The van der Waals surface area contributed by atoms with Crippen LogP contribution in [0.25, 0.3) is 0 Å². The molecule has 1 heterocycles. The van der Waals surface area contributed by atoms with Gasteiger partial charge in [-0.3, -0.25) is 4.79 Å². The van der Waals surface area contributed by atoms with Crippen molar-refractivity contribution in [1.82, 2.24) is 5.32 Å². The summed E-state index contributed by atoms with van der Waals surface area (Å²) < 4.78 is 0. The SMILES string of the molecule is CC(C)C[C@@H](CC(=O)O)NC1CSCCSC1. The second-order valence-electron chi connectivity index (χ2n) is 4.94. The second-order valence-corrected chi connectivity index (χ2v) is 7.24. The van der Waals surface area contributed by atoms with Crippen molar-refractivity contribution in [2.75, 3.05) is 23.0 Å². The van der Waals surface area contributed by atoms with Gasteiger partial charge >= 0.3 is 5.97 Å². The summed E-state index contributed by atoms with van der Waals surface area (Å²) in [5.41, 5.74) is 0. The Morgan fingerprint density at radius 2 is 1.94 bits per heavy atom. The van der Waals surface area contributed by atoms with Crippen molar-refractivity contribution in [2.24, 2.45) is 5.92 Å². The zero-order valence-electron chi connectivity index (χ0n) is 10.6. The molecule has 1 saturated heterocycles. The van der Waals surface area contributed by atoms with Gasteiger partial charge in [-0.05, 0) is 12.3 Å². The number of thioether (sulfide) groups is 2. The minimum absolute atomic E-state index is 0.122. The molecule has 1 aliphatic heterocycles. The monoisotopic (exact) mass is 277 g/mol. The molecule has 2 N–H and O–H groups in total. The lowest BCUT2D eigenvalue weighted by Crippen LogP contribution is -2.43. The lowest BCUT2D eigenvalue weighted by molar-refractivity contribution is -0.137. The van der Waals surface area contributed by atoms with Crippen molar-refractivity contribution in [3.05, 3.63) is 0 Å². The predicted octanol–water partition coefficient (Wildman–Crippen LogP) is 2.31. The van der Waals surface area contributed by atoms with E-state index in [-0.39, 0.29) is 12.5 Å². The number of carboxylic acid groups (broad SMARTS) is 1. The van der Waals surface area contributed by atoms with Crippen molar-refractivity contribution < 1.29 is 9.90 Å². The van der Waals surface area contributed by atoms with Crippen molar-refractivity contribution in [1.29, 1.82) is 0 Å². The lowest BCUT2D eigenvalue weighted by Gasteiger charge is -2.24. The van der Waals surface area contributed by atoms with Gasteiger partial charge in [-0.1, -0.05) is 13.8 Å². The van der Waals surface area contributed by atoms with Gasteiger partial charge in [-0.15, -0.1) is 0 Å². The molecule has 3 nitrogen and oxygen atoms in total. The molecule has 0 aromatic heterocycles. The Morgan fingerprint density at radius 3 is 2.41 bits per heavy atom. The Bertz CT molecular complexity index is 229. The standard InChI is InChI=1S/C12H23NO2S2/c1-9(2)5-10(6-12(14)15)13-11-7-16-3-4-17-8-11/h9-11,13H,3-8H2,1-2H3,(H,14,15)/t10-/m0/s1. The molecule has 5 heteroatoms. The summed E-state index contributed by atoms with van der Waals surface area (Å²) in [6.45, 7) is 4.29. The van der Waals surface area contributed by atoms with Crippen LogP contribution >= 0.6 is 23.5 Å². The summed E-state index contributed by atoms with van der Waals surface area (Å²) >= 11 is 3.95. The summed E-state index contributed by atoms with van der Waals surface area (Å²) in [4.78, 5) is 10.9. The average molecular weight is 277 g/mol. The number of aliphatic carboxylic acids is 1. The zero-order valence-corrected chi connectivity index (χ0v) is 12.3. The molecule has 0 aliphatic carbocycles. The van der Waals surface area contributed by atoms with E-state index in [1.54, 1.807) is 0 Å². The van der Waals surface area contributed by atoms with Gasteiger partial charge in [0.2, 0.25) is 0 Å². The number of hydrogen-bond acceptors (Lipinski definition) is 4. The third kappa shape index (κ3) is 7.21. The molecule has 0 unspecified atom stereocenters. The summed E-state index contributed by atoms with van der Waals surface area (Å²) in [5.74, 6) is 4.50. The highest BCUT2D eigenvalue weighted by atomic mass is 32.2. The minimum Gasteiger partial charge on any atom is -0.481 e. The fraction of sp³-hybridized carbons (Fsp3) is 0.917. The van der Waals surface area contributed by atoms with E-state index in [9.17, 15) is 4.79 Å². The Balaban J connectivity index is 2.42. The summed E-state index contributed by atoms with van der Waals surface area (Å²) in [7, 11) is 0. The Morgan fingerprint density at radius 1 is 1.35 bits per heavy atom. The third-order valence-corrected chi connectivity index (χ3v) is 5.18. The summed E-state index contributed by atoms with van der Waals surface area (Å²) in [5, 5.41) is 12.5. The molecule has 0 aromatic carbocycles. The van der Waals surface area contributed by atoms with Crippen molar-refractivity contribution in [3.8, 4) is 0 Å². The van der Waals surface area contributed by atoms with E-state index < -0.39 is 5.97 Å². The average Bonchev–Trinajstić information content (AvgIpc) is 2.44. The van der Waals surface area contributed by atoms with Crippen molar-refractivity contribution >= 4 is 29.5 Å². The summed E-state index contributed by atoms with van der Waals surface area (Å²) in [6.07, 6.45) is 1.18. The van der Waals surface area contributed by atoms with Gasteiger partial charge in [0.1, 0.15) is 0 Å². The Labute approximate surface area is 112 Å². The largest absolute Gasteiger partial charge is 0.481 e. The first-order chi connectivity index (χ1) is 8.08. The quantitative estimate of drug-likeness (QED) is 0.780. The van der Waals surface area contributed by atoms with Gasteiger partial charge in [-0.2, -0.15) is 23.5 Å². The number of nitrogens with one attached hydrogen (secondary N) is 1. The number of carboxylic acids is 1. The first-order valence-corrected chi connectivity index (χ1v) is 8.52. The molecule has 1 fully saturated rings. The van der Waals surface area contributed by atoms with Crippen LogP contribution in [0.4, 0.5) is 0 Å². The van der Waals surface area contributed by atoms with Crippen LogP contribution in [-0.2, 0) is 4.79 Å². The zero-order chi connectivity index (χ0) is 12.7. The number of hydrogen-bond donors (Lipinski definition) is 2. The molecule has 0 amide bonds. The number of rotatable bonds is 6. The molecule has 17 heavy (non-hydrogen) atoms. The van der Waals surface area contributed by atoms with Crippen molar-refractivity contribution in [2.45, 2.75) is 38.8 Å². The maximum atomic E-state index is 10.9. The minimum atomic E-state index is -0.697. The lowest BCUT2D eigenvalue weighted by atomic mass is 10.0. The maximum absolute atomic E-state index is 10.9. The van der Waals surface area contributed by atoms with Gasteiger partial charge in [0.15, 0.2) is 0 Å². The van der Waals surface area contributed by atoms with Gasteiger partial charge < -0.3 is 10.4 Å². The molecule has 1 aliphatic rings. The molecular weight excluding hydrogens is 254 g/mol. The van der Waals surface area contributed by atoms with Gasteiger partial charge in [-0.25, -0.2) is 0 Å². The molecule has 1 atom stereocenters. The van der Waals surface area contributed by atoms with Crippen LogP contribution < -0.4 is 5.32 Å². The third-order valence-electron chi connectivity index (χ3n) is 2.66. The Kier molecular flexibility index (Phi) is 7.39. The van der Waals surface area contributed by atoms with E-state index in [2.05, 4.69) is 19.2 Å². The van der Waals surface area contributed by atoms with Gasteiger partial charge in [0.05, 0.1) is 6.42 Å². The van der Waals surface area contributed by atoms with Crippen LogP contribution in [0.15, 0.2) is 0 Å². The molecule has 0 radical (unpaired) electrons. The van der Waals surface area contributed by atoms with Crippen LogP contribution in [0.3, 0.4) is 0 Å². The maximum Gasteiger partial charge on any atom is 0.304 e. The Hall–Kier alpha value is 0.130. The summed E-state index contributed by atoms with van der Waals surface area (Å²) in [6, 6.07) is 0.590. The van der Waals surface area contributed by atoms with Crippen molar-refractivity contribution in [3.63, 3.8) is 0 Å². The van der Waals surface area contributed by atoms with Gasteiger partial charge in [0, 0.05) is 35.1 Å². The molecule has 0 spiro atoms. The van der Waals surface area contributed by atoms with E-state index in [0.29, 0.717) is 12.0 Å². The molecule has 0 aromatic rings. The topological polar surface area (TPSA) is 49.3 Å². The van der Waals surface area contributed by atoms with Crippen LogP contribution in [0.5, 0.6) is 0 Å². The van der Waals surface area contributed by atoms with E-state index in [0.717, 1.165) is 17.9 Å². The second kappa shape index (κ2) is 8.27. The van der Waals surface area contributed by atoms with E-state index in [4.69, 9.17) is 5.11 Å². The first-order valence-electron chi connectivity index (χ1n) is 6.21. The highest BCUT2D eigenvalue weighted by molar-refractivity contribution is 8.03. The molecule has 0 saturated carbocycles. The van der Waals surface area contributed by atoms with Crippen LogP contribution in [0.1, 0.15) is 26.7 Å². The molecule has 1 rings (SSSR count). The molecule has 100 valence electrons. The highest BCUT2D eigenvalue weighted by Crippen LogP contribution is 2.18. The fourth-order valence-corrected chi connectivity index (χ4v) is 4.46. The fourth-order valence-electron chi connectivity index (χ4n) is 2.04. The van der Waals surface area contributed by atoms with Gasteiger partial charge in [0.25, 0.3) is 0 Å². The predicted molar refractivity (Wildman–Crippen MR) is 77.1 cm³/mol. The number of carbonyl (C=O) groups is 1. The first kappa shape index (κ1) is 15.2. The van der Waals surface area contributed by atoms with E-state index >= 15 is 0 Å². The highest BCUT2D eigenvalue weighted by Gasteiger charge is 2.20.